The van der Waals surface area contributed by atoms with Gasteiger partial charge in [-0.2, -0.15) is 0 Å². The van der Waals surface area contributed by atoms with Crippen molar-refractivity contribution in [2.24, 2.45) is 0 Å². The van der Waals surface area contributed by atoms with Gasteiger partial charge in [-0.05, 0) is 17.5 Å². The molecule has 2 rings (SSSR count). The van der Waals surface area contributed by atoms with Gasteiger partial charge < -0.3 is 10.4 Å². The van der Waals surface area contributed by atoms with Crippen molar-refractivity contribution < 1.29 is 14.7 Å². The molecule has 0 radical (unpaired) electrons. The third-order valence-electron chi connectivity index (χ3n) is 2.40. The van der Waals surface area contributed by atoms with Crippen LogP contribution in [0, 0.1) is 0 Å². The molecule has 2 N–H and O–H groups in total. The number of anilines is 1. The number of carboxylic acids is 1. The van der Waals surface area contributed by atoms with Gasteiger partial charge in [0.1, 0.15) is 4.88 Å². The predicted octanol–water partition coefficient (Wildman–Crippen LogP) is 1.40. The molecule has 2 aromatic heterocycles. The van der Waals surface area contributed by atoms with E-state index < -0.39 is 11.9 Å². The monoisotopic (exact) mass is 293 g/mol. The number of aromatic carboxylic acids is 1. The molecule has 0 bridgehead atoms. The molecule has 0 fully saturated rings. The SMILES string of the molecule is CC(C)c1nnsc1C(=O)Nc1nccnc1C(=O)O. The number of carboxylic acid groups (broad SMARTS) is 1. The molecule has 0 aliphatic rings. The number of carbonyl (C=O) groups is 2. The summed E-state index contributed by atoms with van der Waals surface area (Å²) in [5, 5.41) is 15.3. The first-order valence-electron chi connectivity index (χ1n) is 5.68. The lowest BCUT2D eigenvalue weighted by Gasteiger charge is -2.06. The van der Waals surface area contributed by atoms with Crippen LogP contribution in [0.3, 0.4) is 0 Å². The van der Waals surface area contributed by atoms with Gasteiger partial charge in [0.05, 0.1) is 5.69 Å². The summed E-state index contributed by atoms with van der Waals surface area (Å²) in [5.41, 5.74) is 0.248. The number of nitrogens with zero attached hydrogens (tertiary/aromatic N) is 4. The highest BCUT2D eigenvalue weighted by Crippen LogP contribution is 2.21. The molecule has 0 aliphatic heterocycles. The number of hydrogen-bond donors (Lipinski definition) is 2. The van der Waals surface area contributed by atoms with E-state index in [1.807, 2.05) is 13.8 Å². The molecule has 0 saturated carbocycles. The highest BCUT2D eigenvalue weighted by Gasteiger charge is 2.21. The molecule has 2 aromatic rings. The van der Waals surface area contributed by atoms with Crippen molar-refractivity contribution in [2.75, 3.05) is 5.32 Å². The van der Waals surface area contributed by atoms with Gasteiger partial charge in [-0.25, -0.2) is 14.8 Å². The van der Waals surface area contributed by atoms with Gasteiger partial charge >= 0.3 is 5.97 Å². The Morgan fingerprint density at radius 3 is 2.65 bits per heavy atom. The van der Waals surface area contributed by atoms with Crippen LogP contribution >= 0.6 is 11.5 Å². The van der Waals surface area contributed by atoms with E-state index in [-0.39, 0.29) is 17.4 Å². The third kappa shape index (κ3) is 2.77. The van der Waals surface area contributed by atoms with Crippen molar-refractivity contribution in [1.29, 1.82) is 0 Å². The lowest BCUT2D eigenvalue weighted by Crippen LogP contribution is -2.17. The van der Waals surface area contributed by atoms with E-state index in [4.69, 9.17) is 5.11 Å². The molecule has 0 spiro atoms. The van der Waals surface area contributed by atoms with Crippen LogP contribution < -0.4 is 5.32 Å². The first kappa shape index (κ1) is 14.0. The number of hydrogen-bond acceptors (Lipinski definition) is 7. The van der Waals surface area contributed by atoms with Gasteiger partial charge in [0.25, 0.3) is 5.91 Å². The minimum atomic E-state index is -1.26. The van der Waals surface area contributed by atoms with E-state index in [0.717, 1.165) is 11.5 Å². The fraction of sp³-hybridized carbons (Fsp3) is 0.273. The van der Waals surface area contributed by atoms with Gasteiger partial charge in [-0.1, -0.05) is 18.3 Å². The van der Waals surface area contributed by atoms with Crippen LogP contribution in [0.15, 0.2) is 12.4 Å². The molecule has 0 aliphatic carbocycles. The number of rotatable bonds is 4. The topological polar surface area (TPSA) is 118 Å². The van der Waals surface area contributed by atoms with Gasteiger partial charge in [0, 0.05) is 12.4 Å². The van der Waals surface area contributed by atoms with Crippen LogP contribution in [0.4, 0.5) is 5.82 Å². The van der Waals surface area contributed by atoms with E-state index >= 15 is 0 Å². The smallest absolute Gasteiger partial charge is 0.358 e. The second-order valence-electron chi connectivity index (χ2n) is 4.15. The first-order valence-corrected chi connectivity index (χ1v) is 6.46. The molecular weight excluding hydrogens is 282 g/mol. The van der Waals surface area contributed by atoms with Crippen LogP contribution in [0.1, 0.15) is 45.6 Å². The van der Waals surface area contributed by atoms with E-state index in [0.29, 0.717) is 10.6 Å². The van der Waals surface area contributed by atoms with Crippen molar-refractivity contribution in [3.05, 3.63) is 28.7 Å². The fourth-order valence-corrected chi connectivity index (χ4v) is 2.20. The van der Waals surface area contributed by atoms with E-state index in [1.54, 1.807) is 0 Å². The molecule has 8 nitrogen and oxygen atoms in total. The second-order valence-corrected chi connectivity index (χ2v) is 4.91. The van der Waals surface area contributed by atoms with Crippen LogP contribution in [-0.2, 0) is 0 Å². The number of nitrogens with one attached hydrogen (secondary N) is 1. The van der Waals surface area contributed by atoms with E-state index in [2.05, 4.69) is 24.9 Å². The van der Waals surface area contributed by atoms with Crippen LogP contribution in [0.2, 0.25) is 0 Å². The Balaban J connectivity index is 2.29. The predicted molar refractivity (Wildman–Crippen MR) is 70.9 cm³/mol. The minimum Gasteiger partial charge on any atom is -0.476 e. The maximum atomic E-state index is 12.1. The zero-order valence-electron chi connectivity index (χ0n) is 10.7. The molecular formula is C11H11N5O3S. The normalized spacial score (nSPS) is 10.6. The Morgan fingerprint density at radius 2 is 2.00 bits per heavy atom. The molecule has 104 valence electrons. The van der Waals surface area contributed by atoms with Gasteiger partial charge in [-0.3, -0.25) is 4.79 Å². The Hall–Kier alpha value is -2.42. The summed E-state index contributed by atoms with van der Waals surface area (Å²) in [6.45, 7) is 3.77. The second kappa shape index (κ2) is 5.70. The van der Waals surface area contributed by atoms with Crippen molar-refractivity contribution >= 4 is 29.2 Å². The quantitative estimate of drug-likeness (QED) is 0.874. The lowest BCUT2D eigenvalue weighted by molar-refractivity contribution is 0.0691. The molecule has 0 saturated heterocycles. The summed E-state index contributed by atoms with van der Waals surface area (Å²) in [4.78, 5) is 30.9. The molecule has 20 heavy (non-hydrogen) atoms. The molecule has 0 unspecified atom stereocenters. The highest BCUT2D eigenvalue weighted by molar-refractivity contribution is 7.08. The number of amides is 1. The Labute approximate surface area is 118 Å². The van der Waals surface area contributed by atoms with Crippen molar-refractivity contribution in [1.82, 2.24) is 19.6 Å². The maximum absolute atomic E-state index is 12.1. The van der Waals surface area contributed by atoms with Crippen molar-refractivity contribution in [3.63, 3.8) is 0 Å². The maximum Gasteiger partial charge on any atom is 0.358 e. The fourth-order valence-electron chi connectivity index (χ4n) is 1.48. The van der Waals surface area contributed by atoms with Gasteiger partial charge in [-0.15, -0.1) is 5.10 Å². The first-order chi connectivity index (χ1) is 9.50. The van der Waals surface area contributed by atoms with Crippen molar-refractivity contribution in [2.45, 2.75) is 19.8 Å². The summed E-state index contributed by atoms with van der Waals surface area (Å²) in [5.74, 6) is -1.82. The number of carbonyl (C=O) groups excluding carboxylic acids is 1. The highest BCUT2D eigenvalue weighted by atomic mass is 32.1. The zero-order valence-corrected chi connectivity index (χ0v) is 11.5. The zero-order chi connectivity index (χ0) is 14.7. The summed E-state index contributed by atoms with van der Waals surface area (Å²) in [6, 6.07) is 0. The summed E-state index contributed by atoms with van der Waals surface area (Å²) >= 11 is 0.951. The molecule has 0 aromatic carbocycles. The Kier molecular flexibility index (Phi) is 3.99. The van der Waals surface area contributed by atoms with Crippen molar-refractivity contribution in [3.8, 4) is 0 Å². The standard InChI is InChI=1S/C11H11N5O3S/c1-5(2)6-8(20-16-15-6)10(17)14-9-7(11(18)19)12-3-4-13-9/h3-5H,1-2H3,(H,18,19)(H,13,14,17). The largest absolute Gasteiger partial charge is 0.476 e. The Morgan fingerprint density at radius 1 is 1.30 bits per heavy atom. The molecule has 9 heteroatoms. The van der Waals surface area contributed by atoms with Gasteiger partial charge in [0.15, 0.2) is 11.5 Å². The molecule has 1 amide bonds. The summed E-state index contributed by atoms with van der Waals surface area (Å²) in [6.07, 6.45) is 2.54. The molecule has 0 atom stereocenters. The van der Waals surface area contributed by atoms with Gasteiger partial charge in [0.2, 0.25) is 0 Å². The van der Waals surface area contributed by atoms with Crippen LogP contribution in [0.5, 0.6) is 0 Å². The average Bonchev–Trinajstić information content (AvgIpc) is 2.88. The lowest BCUT2D eigenvalue weighted by atomic mass is 10.1. The van der Waals surface area contributed by atoms with Crippen LogP contribution in [-0.4, -0.2) is 36.5 Å². The van der Waals surface area contributed by atoms with Crippen LogP contribution in [0.25, 0.3) is 0 Å². The average molecular weight is 293 g/mol. The third-order valence-corrected chi connectivity index (χ3v) is 3.14. The number of aromatic nitrogens is 4. The summed E-state index contributed by atoms with van der Waals surface area (Å²) < 4.78 is 3.74. The van der Waals surface area contributed by atoms with E-state index in [9.17, 15) is 9.59 Å². The minimum absolute atomic E-state index is 0.0373. The summed E-state index contributed by atoms with van der Waals surface area (Å²) in [7, 11) is 0. The Bertz CT molecular complexity index is 655. The van der Waals surface area contributed by atoms with E-state index in [1.165, 1.54) is 12.4 Å². The molecule has 2 heterocycles.